The van der Waals surface area contributed by atoms with Crippen molar-refractivity contribution in [1.29, 1.82) is 0 Å². The number of amides is 1. The van der Waals surface area contributed by atoms with Gasteiger partial charge in [-0.15, -0.1) is 0 Å². The van der Waals surface area contributed by atoms with Crippen LogP contribution in [0.3, 0.4) is 0 Å². The van der Waals surface area contributed by atoms with Crippen molar-refractivity contribution in [1.82, 2.24) is 14.4 Å². The van der Waals surface area contributed by atoms with Gasteiger partial charge in [0.2, 0.25) is 5.65 Å². The molecule has 16 heavy (non-hydrogen) atoms. The zero-order chi connectivity index (χ0) is 11.7. The molecule has 2 aromatic rings. The van der Waals surface area contributed by atoms with Gasteiger partial charge in [-0.05, 0) is 13.8 Å². The number of carbonyl (C=O) groups excluding carboxylic acids is 1. The summed E-state index contributed by atoms with van der Waals surface area (Å²) in [7, 11) is 0. The lowest BCUT2D eigenvalue weighted by molar-refractivity contribution is 0.0993. The predicted molar refractivity (Wildman–Crippen MR) is 57.3 cm³/mol. The number of fused-ring (bicyclic) bond motifs is 1. The Morgan fingerprint density at radius 2 is 2.31 bits per heavy atom. The van der Waals surface area contributed by atoms with Crippen LogP contribution in [0.25, 0.3) is 5.65 Å². The van der Waals surface area contributed by atoms with E-state index in [4.69, 9.17) is 10.5 Å². The predicted octanol–water partition coefficient (Wildman–Crippen LogP) is 0.615. The van der Waals surface area contributed by atoms with E-state index in [1.54, 1.807) is 16.8 Å². The number of ether oxygens (including phenoxy) is 1. The molecule has 2 N–H and O–H groups in total. The first-order chi connectivity index (χ1) is 7.58. The molecule has 0 aliphatic carbocycles. The van der Waals surface area contributed by atoms with Crippen LogP contribution in [0.1, 0.15) is 24.3 Å². The summed E-state index contributed by atoms with van der Waals surface area (Å²) < 4.78 is 7.13. The van der Waals surface area contributed by atoms with E-state index in [1.165, 1.54) is 6.20 Å². The fourth-order valence-electron chi connectivity index (χ4n) is 1.32. The molecule has 0 aliphatic heterocycles. The number of primary amides is 1. The molecule has 0 fully saturated rings. The number of hydrogen-bond acceptors (Lipinski definition) is 4. The van der Waals surface area contributed by atoms with Crippen LogP contribution in [0.4, 0.5) is 0 Å². The third-order valence-corrected chi connectivity index (χ3v) is 1.94. The third-order valence-electron chi connectivity index (χ3n) is 1.94. The number of nitrogens with zero attached hydrogens (tertiary/aromatic N) is 3. The largest absolute Gasteiger partial charge is 0.472 e. The average molecular weight is 220 g/mol. The highest BCUT2D eigenvalue weighted by atomic mass is 16.5. The number of imidazole rings is 1. The molecular weight excluding hydrogens is 208 g/mol. The lowest BCUT2D eigenvalue weighted by atomic mass is 10.4. The second-order valence-corrected chi connectivity index (χ2v) is 3.62. The smallest absolute Gasteiger partial charge is 0.268 e. The van der Waals surface area contributed by atoms with Crippen LogP contribution in [0.15, 0.2) is 18.6 Å². The first kappa shape index (κ1) is 10.4. The first-order valence-corrected chi connectivity index (χ1v) is 4.88. The molecule has 6 heteroatoms. The lowest BCUT2D eigenvalue weighted by Crippen LogP contribution is -2.16. The molecule has 2 heterocycles. The van der Waals surface area contributed by atoms with Crippen molar-refractivity contribution in [3.05, 3.63) is 24.3 Å². The Morgan fingerprint density at radius 3 is 2.94 bits per heavy atom. The van der Waals surface area contributed by atoms with Crippen LogP contribution in [0.2, 0.25) is 0 Å². The Morgan fingerprint density at radius 1 is 1.56 bits per heavy atom. The number of aromatic nitrogens is 3. The fourth-order valence-corrected chi connectivity index (χ4v) is 1.32. The van der Waals surface area contributed by atoms with Crippen LogP contribution < -0.4 is 10.5 Å². The monoisotopic (exact) mass is 220 g/mol. The number of carbonyl (C=O) groups is 1. The number of nitrogens with two attached hydrogens (primary N) is 1. The van der Waals surface area contributed by atoms with E-state index in [-0.39, 0.29) is 11.8 Å². The quantitative estimate of drug-likeness (QED) is 0.821. The maximum Gasteiger partial charge on any atom is 0.268 e. The summed E-state index contributed by atoms with van der Waals surface area (Å²) in [6.07, 6.45) is 4.79. The van der Waals surface area contributed by atoms with Crippen LogP contribution in [-0.2, 0) is 0 Å². The summed E-state index contributed by atoms with van der Waals surface area (Å²) >= 11 is 0. The summed E-state index contributed by atoms with van der Waals surface area (Å²) in [5.74, 6) is -0.277. The Hall–Kier alpha value is -2.11. The first-order valence-electron chi connectivity index (χ1n) is 4.88. The molecule has 1 amide bonds. The molecule has 0 bridgehead atoms. The lowest BCUT2D eigenvalue weighted by Gasteiger charge is -2.10. The van der Waals surface area contributed by atoms with Crippen molar-refractivity contribution in [3.8, 4) is 5.88 Å². The second-order valence-electron chi connectivity index (χ2n) is 3.62. The van der Waals surface area contributed by atoms with Crippen LogP contribution in [-0.4, -0.2) is 26.4 Å². The van der Waals surface area contributed by atoms with Crippen molar-refractivity contribution in [2.75, 3.05) is 0 Å². The van der Waals surface area contributed by atoms with Crippen LogP contribution in [0, 0.1) is 0 Å². The summed E-state index contributed by atoms with van der Waals surface area (Å²) in [6.45, 7) is 3.75. The molecule has 84 valence electrons. The molecule has 0 saturated heterocycles. The van der Waals surface area contributed by atoms with Gasteiger partial charge in [0.1, 0.15) is 5.69 Å². The van der Waals surface area contributed by atoms with Crippen LogP contribution in [0.5, 0.6) is 5.88 Å². The van der Waals surface area contributed by atoms with Gasteiger partial charge < -0.3 is 14.9 Å². The Balaban J connectivity index is 2.59. The second kappa shape index (κ2) is 3.80. The van der Waals surface area contributed by atoms with Crippen LogP contribution >= 0.6 is 0 Å². The average Bonchev–Trinajstić information content (AvgIpc) is 2.64. The highest BCUT2D eigenvalue weighted by Gasteiger charge is 2.12. The van der Waals surface area contributed by atoms with Gasteiger partial charge in [0.25, 0.3) is 11.8 Å². The van der Waals surface area contributed by atoms with Crippen molar-refractivity contribution >= 4 is 11.6 Å². The topological polar surface area (TPSA) is 82.5 Å². The van der Waals surface area contributed by atoms with E-state index in [9.17, 15) is 4.79 Å². The summed E-state index contributed by atoms with van der Waals surface area (Å²) in [5.41, 5.74) is 5.90. The van der Waals surface area contributed by atoms with E-state index in [0.717, 1.165) is 0 Å². The van der Waals surface area contributed by atoms with Crippen molar-refractivity contribution in [3.63, 3.8) is 0 Å². The molecule has 2 rings (SSSR count). The zero-order valence-electron chi connectivity index (χ0n) is 9.04. The van der Waals surface area contributed by atoms with Gasteiger partial charge in [0.15, 0.2) is 0 Å². The minimum Gasteiger partial charge on any atom is -0.472 e. The van der Waals surface area contributed by atoms with Crippen molar-refractivity contribution in [2.45, 2.75) is 20.0 Å². The summed E-state index contributed by atoms with van der Waals surface area (Å²) in [4.78, 5) is 19.2. The third kappa shape index (κ3) is 1.81. The maximum absolute atomic E-state index is 11.1. The highest BCUT2D eigenvalue weighted by molar-refractivity contribution is 5.91. The Labute approximate surface area is 92.1 Å². The molecule has 2 aromatic heterocycles. The van der Waals surface area contributed by atoms with Crippen molar-refractivity contribution < 1.29 is 9.53 Å². The molecule has 0 aliphatic rings. The Kier molecular flexibility index (Phi) is 2.47. The zero-order valence-corrected chi connectivity index (χ0v) is 9.04. The van der Waals surface area contributed by atoms with E-state index in [1.807, 2.05) is 13.8 Å². The molecule has 6 nitrogen and oxygen atoms in total. The van der Waals surface area contributed by atoms with Gasteiger partial charge in [-0.3, -0.25) is 4.79 Å². The number of rotatable bonds is 3. The highest BCUT2D eigenvalue weighted by Crippen LogP contribution is 2.17. The summed E-state index contributed by atoms with van der Waals surface area (Å²) in [6, 6.07) is 0. The van der Waals surface area contributed by atoms with Crippen molar-refractivity contribution in [2.24, 2.45) is 5.73 Å². The number of hydrogen-bond donors (Lipinski definition) is 1. The normalized spacial score (nSPS) is 10.9. The molecule has 0 atom stereocenters. The maximum atomic E-state index is 11.1. The fraction of sp³-hybridized carbons (Fsp3) is 0.300. The molecule has 0 aromatic carbocycles. The van der Waals surface area contributed by atoms with Gasteiger partial charge >= 0.3 is 0 Å². The van der Waals surface area contributed by atoms with Gasteiger partial charge in [0.05, 0.1) is 6.10 Å². The SMILES string of the molecule is CC(C)Oc1nc(C(N)=O)cn2ccnc12. The molecule has 0 spiro atoms. The van der Waals surface area contributed by atoms with Gasteiger partial charge in [-0.2, -0.15) is 0 Å². The molecule has 0 saturated carbocycles. The molecule has 0 radical (unpaired) electrons. The van der Waals surface area contributed by atoms with E-state index >= 15 is 0 Å². The summed E-state index contributed by atoms with van der Waals surface area (Å²) in [5, 5.41) is 0. The Bertz CT molecular complexity index is 533. The minimum atomic E-state index is -0.593. The standard InChI is InChI=1S/C10H12N4O2/c1-6(2)16-10-9-12-3-4-14(9)5-7(13-10)8(11)15/h3-6H,1-2H3,(H2,11,15). The van der Waals surface area contributed by atoms with E-state index < -0.39 is 5.91 Å². The van der Waals surface area contributed by atoms with Gasteiger partial charge in [0, 0.05) is 18.6 Å². The molecule has 0 unspecified atom stereocenters. The molecular formula is C10H12N4O2. The van der Waals surface area contributed by atoms with Gasteiger partial charge in [-0.1, -0.05) is 0 Å². The van der Waals surface area contributed by atoms with E-state index in [0.29, 0.717) is 11.5 Å². The van der Waals surface area contributed by atoms with Gasteiger partial charge in [-0.25, -0.2) is 9.97 Å². The van der Waals surface area contributed by atoms with E-state index in [2.05, 4.69) is 9.97 Å². The minimum absolute atomic E-state index is 0.0453.